The number of terminal acetylenes is 1. The standard InChI is InChI=1S/C30H35N7O2/c1-4-22-9-6-7-10-23(22)17-35-19-26-27(20-35)32-30(39-21-25-11-8-14-34(25)3)33-29(26)36-15-16-37(28(38)5-2)24(18-36)12-13-31/h1,5-7,9-10,24-25H,2,8,11-12,14-21H2,3H3/t24-,25-/m0/s1. The molecule has 1 aromatic heterocycles. The fraction of sp³-hybridized carbons (Fsp3) is 0.467. The number of amides is 1. The van der Waals surface area contributed by atoms with Crippen LogP contribution in [0.25, 0.3) is 0 Å². The summed E-state index contributed by atoms with van der Waals surface area (Å²) in [6, 6.07) is 10.8. The monoisotopic (exact) mass is 525 g/mol. The van der Waals surface area contributed by atoms with E-state index in [-0.39, 0.29) is 18.4 Å². The molecule has 0 unspecified atom stereocenters. The van der Waals surface area contributed by atoms with E-state index in [4.69, 9.17) is 21.1 Å². The smallest absolute Gasteiger partial charge is 0.318 e. The summed E-state index contributed by atoms with van der Waals surface area (Å²) in [4.78, 5) is 30.8. The first-order valence-electron chi connectivity index (χ1n) is 13.5. The molecule has 3 aliphatic heterocycles. The van der Waals surface area contributed by atoms with Crippen molar-refractivity contribution in [3.8, 4) is 24.4 Å². The zero-order valence-electron chi connectivity index (χ0n) is 22.6. The molecule has 4 heterocycles. The predicted octanol–water partition coefficient (Wildman–Crippen LogP) is 2.56. The van der Waals surface area contributed by atoms with Gasteiger partial charge in [-0.3, -0.25) is 9.69 Å². The van der Waals surface area contributed by atoms with E-state index in [9.17, 15) is 10.1 Å². The maximum Gasteiger partial charge on any atom is 0.318 e. The van der Waals surface area contributed by atoms with Crippen molar-refractivity contribution in [2.45, 2.75) is 51.0 Å². The Hall–Kier alpha value is -3.92. The number of aromatic nitrogens is 2. The van der Waals surface area contributed by atoms with Gasteiger partial charge in [-0.15, -0.1) is 6.42 Å². The number of rotatable bonds is 8. The van der Waals surface area contributed by atoms with E-state index in [1.807, 2.05) is 18.2 Å². The van der Waals surface area contributed by atoms with Crippen LogP contribution in [0.2, 0.25) is 0 Å². The first-order chi connectivity index (χ1) is 19.0. The molecular weight excluding hydrogens is 490 g/mol. The largest absolute Gasteiger partial charge is 0.462 e. The summed E-state index contributed by atoms with van der Waals surface area (Å²) in [6.45, 7) is 8.94. The number of piperazine rings is 1. The van der Waals surface area contributed by atoms with Crippen LogP contribution < -0.4 is 9.64 Å². The van der Waals surface area contributed by atoms with Crippen molar-refractivity contribution in [2.75, 3.05) is 44.7 Å². The zero-order chi connectivity index (χ0) is 27.4. The average Bonchev–Trinajstić information content (AvgIpc) is 3.56. The summed E-state index contributed by atoms with van der Waals surface area (Å²) in [7, 11) is 2.13. The Kier molecular flexibility index (Phi) is 8.11. The molecule has 9 heteroatoms. The normalized spacial score (nSPS) is 21.3. The van der Waals surface area contributed by atoms with Crippen LogP contribution in [0.1, 0.15) is 41.6 Å². The minimum atomic E-state index is -0.239. The maximum absolute atomic E-state index is 12.5. The first kappa shape index (κ1) is 26.7. The van der Waals surface area contributed by atoms with Crippen LogP contribution in [0.15, 0.2) is 36.9 Å². The second-order valence-corrected chi connectivity index (χ2v) is 10.5. The van der Waals surface area contributed by atoms with Gasteiger partial charge < -0.3 is 19.4 Å². The van der Waals surface area contributed by atoms with Crippen molar-refractivity contribution < 1.29 is 9.53 Å². The molecule has 2 atom stereocenters. The van der Waals surface area contributed by atoms with Gasteiger partial charge in [-0.25, -0.2) is 0 Å². The highest BCUT2D eigenvalue weighted by atomic mass is 16.5. The lowest BCUT2D eigenvalue weighted by atomic mass is 10.1. The van der Waals surface area contributed by atoms with Gasteiger partial charge in [0.15, 0.2) is 0 Å². The van der Waals surface area contributed by atoms with E-state index in [0.717, 1.165) is 41.2 Å². The highest BCUT2D eigenvalue weighted by Gasteiger charge is 2.34. The number of fused-ring (bicyclic) bond motifs is 1. The summed E-state index contributed by atoms with van der Waals surface area (Å²) in [5, 5.41) is 9.46. The van der Waals surface area contributed by atoms with Crippen molar-refractivity contribution in [1.29, 1.82) is 5.26 Å². The number of hydrogen-bond acceptors (Lipinski definition) is 8. The number of likely N-dealkylation sites (N-methyl/N-ethyl adjacent to an activating group) is 1. The number of nitrogens with zero attached hydrogens (tertiary/aromatic N) is 7. The van der Waals surface area contributed by atoms with E-state index >= 15 is 0 Å². The number of carbonyl (C=O) groups is 1. The first-order valence-corrected chi connectivity index (χ1v) is 13.5. The molecule has 1 amide bonds. The lowest BCUT2D eigenvalue weighted by molar-refractivity contribution is -0.128. The summed E-state index contributed by atoms with van der Waals surface area (Å²) >= 11 is 0. The van der Waals surface area contributed by atoms with Gasteiger partial charge in [0.1, 0.15) is 12.4 Å². The molecule has 5 rings (SSSR count). The second-order valence-electron chi connectivity index (χ2n) is 10.5. The Morgan fingerprint density at radius 2 is 2.08 bits per heavy atom. The molecule has 0 N–H and O–H groups in total. The molecule has 39 heavy (non-hydrogen) atoms. The lowest BCUT2D eigenvalue weighted by Crippen LogP contribution is -2.55. The van der Waals surface area contributed by atoms with Crippen LogP contribution >= 0.6 is 0 Å². The Morgan fingerprint density at radius 3 is 2.82 bits per heavy atom. The number of carbonyl (C=O) groups excluding carboxylic acids is 1. The Balaban J connectivity index is 1.41. The third kappa shape index (κ3) is 5.75. The Bertz CT molecular complexity index is 1310. The molecule has 2 saturated heterocycles. The minimum Gasteiger partial charge on any atom is -0.462 e. The van der Waals surface area contributed by atoms with Gasteiger partial charge in [0.05, 0.1) is 24.2 Å². The van der Waals surface area contributed by atoms with Crippen molar-refractivity contribution in [3.63, 3.8) is 0 Å². The number of benzene rings is 1. The molecule has 9 nitrogen and oxygen atoms in total. The number of likely N-dealkylation sites (tertiary alicyclic amines) is 1. The van der Waals surface area contributed by atoms with Crippen LogP contribution in [-0.2, 0) is 24.4 Å². The molecular formula is C30H35N7O2. The molecule has 0 aliphatic carbocycles. The highest BCUT2D eigenvalue weighted by molar-refractivity contribution is 5.87. The van der Waals surface area contributed by atoms with E-state index in [0.29, 0.717) is 57.9 Å². The number of hydrogen-bond donors (Lipinski definition) is 0. The molecule has 3 aliphatic rings. The highest BCUT2D eigenvalue weighted by Crippen LogP contribution is 2.34. The van der Waals surface area contributed by atoms with Crippen molar-refractivity contribution in [1.82, 2.24) is 24.7 Å². The van der Waals surface area contributed by atoms with Crippen LogP contribution in [-0.4, -0.2) is 82.5 Å². The van der Waals surface area contributed by atoms with Crippen molar-refractivity contribution in [2.24, 2.45) is 0 Å². The van der Waals surface area contributed by atoms with E-state index in [1.165, 1.54) is 12.5 Å². The predicted molar refractivity (Wildman–Crippen MR) is 149 cm³/mol. The molecule has 202 valence electrons. The SMILES string of the molecule is C#Cc1ccccc1CN1Cc2nc(OC[C@@H]3CCCN3C)nc(N3CCN(C(=O)C=C)[C@@H](CC#N)C3)c2C1. The number of anilines is 1. The number of nitriles is 1. The van der Waals surface area contributed by atoms with Gasteiger partial charge >= 0.3 is 6.01 Å². The molecule has 1 aromatic carbocycles. The van der Waals surface area contributed by atoms with Crippen LogP contribution in [0, 0.1) is 23.7 Å². The molecule has 0 saturated carbocycles. The second kappa shape index (κ2) is 11.9. The molecule has 0 spiro atoms. The molecule has 2 fully saturated rings. The Labute approximate surface area is 230 Å². The fourth-order valence-electron chi connectivity index (χ4n) is 5.85. The average molecular weight is 526 g/mol. The Morgan fingerprint density at radius 1 is 1.23 bits per heavy atom. The van der Waals surface area contributed by atoms with E-state index in [2.05, 4.69) is 46.4 Å². The summed E-state index contributed by atoms with van der Waals surface area (Å²) < 4.78 is 6.19. The number of ether oxygens (including phenoxy) is 1. The van der Waals surface area contributed by atoms with Crippen LogP contribution in [0.3, 0.4) is 0 Å². The van der Waals surface area contributed by atoms with Gasteiger partial charge in [-0.05, 0) is 44.1 Å². The zero-order valence-corrected chi connectivity index (χ0v) is 22.6. The summed E-state index contributed by atoms with van der Waals surface area (Å²) in [5.74, 6) is 3.47. The fourth-order valence-corrected chi connectivity index (χ4v) is 5.85. The van der Waals surface area contributed by atoms with E-state index in [1.54, 1.807) is 4.90 Å². The minimum absolute atomic E-state index is 0.147. The quantitative estimate of drug-likeness (QED) is 0.384. The van der Waals surface area contributed by atoms with Crippen molar-refractivity contribution in [3.05, 3.63) is 59.3 Å². The van der Waals surface area contributed by atoms with Gasteiger partial charge in [-0.1, -0.05) is 30.7 Å². The van der Waals surface area contributed by atoms with Gasteiger partial charge in [-0.2, -0.15) is 15.2 Å². The topological polar surface area (TPSA) is 88.8 Å². The lowest BCUT2D eigenvalue weighted by Gasteiger charge is -2.41. The maximum atomic E-state index is 12.5. The summed E-state index contributed by atoms with van der Waals surface area (Å²) in [6.07, 6.45) is 9.59. The third-order valence-corrected chi connectivity index (χ3v) is 8.02. The summed E-state index contributed by atoms with van der Waals surface area (Å²) in [5.41, 5.74) is 4.02. The van der Waals surface area contributed by atoms with Crippen LogP contribution in [0.4, 0.5) is 5.82 Å². The van der Waals surface area contributed by atoms with Gasteiger partial charge in [0, 0.05) is 56.4 Å². The molecule has 0 radical (unpaired) electrons. The third-order valence-electron chi connectivity index (χ3n) is 8.02. The van der Waals surface area contributed by atoms with Crippen molar-refractivity contribution >= 4 is 11.7 Å². The molecule has 2 aromatic rings. The van der Waals surface area contributed by atoms with E-state index < -0.39 is 0 Å². The van der Waals surface area contributed by atoms with Gasteiger partial charge in [0.25, 0.3) is 0 Å². The van der Waals surface area contributed by atoms with Crippen LogP contribution in [0.5, 0.6) is 6.01 Å². The molecule has 0 bridgehead atoms. The van der Waals surface area contributed by atoms with Gasteiger partial charge in [0.2, 0.25) is 5.91 Å².